The lowest BCUT2D eigenvalue weighted by molar-refractivity contribution is 0.0679. The van der Waals surface area contributed by atoms with E-state index in [1.807, 2.05) is 36.4 Å². The van der Waals surface area contributed by atoms with Crippen molar-refractivity contribution in [3.63, 3.8) is 0 Å². The smallest absolute Gasteiger partial charge is 0.362 e. The third kappa shape index (κ3) is 5.08. The summed E-state index contributed by atoms with van der Waals surface area (Å²) in [5.41, 5.74) is 1.69. The van der Waals surface area contributed by atoms with E-state index in [1.165, 1.54) is 4.68 Å². The Morgan fingerprint density at radius 3 is 2.38 bits per heavy atom. The first kappa shape index (κ1) is 22.2. The number of aromatic carboxylic acids is 1. The highest BCUT2D eigenvalue weighted by Crippen LogP contribution is 2.29. The second-order valence-corrected chi connectivity index (χ2v) is 8.36. The minimum Gasteiger partial charge on any atom is -0.497 e. The maximum atomic E-state index is 11.7. The number of nitrogens with zero attached hydrogens (tertiary/aromatic N) is 4. The van der Waals surface area contributed by atoms with Gasteiger partial charge in [0.1, 0.15) is 11.9 Å². The molecular formula is C22H22Cl2N4O4. The maximum absolute atomic E-state index is 11.7. The quantitative estimate of drug-likeness (QED) is 0.540. The van der Waals surface area contributed by atoms with Crippen LogP contribution < -0.4 is 14.4 Å². The van der Waals surface area contributed by atoms with Gasteiger partial charge < -0.3 is 19.5 Å². The van der Waals surface area contributed by atoms with Crippen molar-refractivity contribution in [3.05, 3.63) is 63.8 Å². The van der Waals surface area contributed by atoms with E-state index in [9.17, 15) is 9.90 Å². The van der Waals surface area contributed by atoms with Gasteiger partial charge in [-0.2, -0.15) is 0 Å². The Balaban J connectivity index is 1.46. The topological polar surface area (TPSA) is 89.7 Å². The Morgan fingerprint density at radius 2 is 1.78 bits per heavy atom. The van der Waals surface area contributed by atoms with E-state index in [0.29, 0.717) is 29.4 Å². The van der Waals surface area contributed by atoms with Crippen LogP contribution in [0, 0.1) is 0 Å². The monoisotopic (exact) mass is 476 g/mol. The molecule has 1 fully saturated rings. The van der Waals surface area contributed by atoms with Crippen molar-refractivity contribution in [2.45, 2.75) is 25.5 Å². The van der Waals surface area contributed by atoms with Crippen LogP contribution in [0.3, 0.4) is 0 Å². The molecule has 0 radical (unpaired) electrons. The van der Waals surface area contributed by atoms with Crippen LogP contribution in [-0.4, -0.2) is 52.4 Å². The molecule has 0 saturated carbocycles. The van der Waals surface area contributed by atoms with Gasteiger partial charge >= 0.3 is 5.97 Å². The van der Waals surface area contributed by atoms with Gasteiger partial charge in [-0.05, 0) is 35.9 Å². The average molecular weight is 477 g/mol. The van der Waals surface area contributed by atoms with Crippen molar-refractivity contribution in [2.24, 2.45) is 0 Å². The lowest BCUT2D eigenvalue weighted by Crippen LogP contribution is -2.38. The molecule has 2 heterocycles. The zero-order valence-electron chi connectivity index (χ0n) is 17.4. The number of carbonyl (C=O) groups is 1. The second-order valence-electron chi connectivity index (χ2n) is 7.49. The second kappa shape index (κ2) is 9.67. The molecule has 0 unspecified atom stereocenters. The summed E-state index contributed by atoms with van der Waals surface area (Å²) in [5, 5.41) is 18.5. The van der Waals surface area contributed by atoms with Gasteiger partial charge in [-0.1, -0.05) is 40.5 Å². The highest BCUT2D eigenvalue weighted by Gasteiger charge is 2.27. The first-order valence-electron chi connectivity index (χ1n) is 10.1. The summed E-state index contributed by atoms with van der Waals surface area (Å²) < 4.78 is 12.8. The molecule has 0 aliphatic carbocycles. The van der Waals surface area contributed by atoms with Gasteiger partial charge in [0.05, 0.1) is 13.7 Å². The molecule has 1 aromatic heterocycles. The lowest BCUT2D eigenvalue weighted by Gasteiger charge is -2.33. The van der Waals surface area contributed by atoms with Crippen LogP contribution >= 0.6 is 23.2 Å². The van der Waals surface area contributed by atoms with Crippen LogP contribution in [0.5, 0.6) is 11.6 Å². The molecule has 0 spiro atoms. The Labute approximate surface area is 195 Å². The molecule has 1 N–H and O–H groups in total. The number of aromatic nitrogens is 3. The highest BCUT2D eigenvalue weighted by atomic mass is 35.5. The minimum absolute atomic E-state index is 0.160. The Hall–Kier alpha value is -2.97. The van der Waals surface area contributed by atoms with E-state index >= 15 is 0 Å². The Kier molecular flexibility index (Phi) is 6.72. The van der Waals surface area contributed by atoms with Crippen LogP contribution in [0.1, 0.15) is 28.9 Å². The SMILES string of the molecule is COc1ccc(Cn2nnc(C(=O)O)c2OC2CCN(c3cc(Cl)cc(Cl)c3)CC2)cc1. The number of anilines is 1. The summed E-state index contributed by atoms with van der Waals surface area (Å²) in [7, 11) is 1.60. The number of rotatable bonds is 7. The molecule has 2 aromatic carbocycles. The summed E-state index contributed by atoms with van der Waals surface area (Å²) in [6.45, 7) is 1.78. The zero-order chi connectivity index (χ0) is 22.7. The number of piperidine rings is 1. The molecule has 0 atom stereocenters. The Morgan fingerprint density at radius 1 is 1.12 bits per heavy atom. The molecule has 0 amide bonds. The third-order valence-electron chi connectivity index (χ3n) is 5.32. The minimum atomic E-state index is -1.17. The number of ether oxygens (including phenoxy) is 2. The van der Waals surface area contributed by atoms with E-state index in [0.717, 1.165) is 30.1 Å². The number of methoxy groups -OCH3 is 1. The van der Waals surface area contributed by atoms with E-state index in [1.54, 1.807) is 13.2 Å². The number of halogens is 2. The summed E-state index contributed by atoms with van der Waals surface area (Å²) in [6.07, 6.45) is 1.25. The molecule has 0 bridgehead atoms. The molecule has 10 heteroatoms. The van der Waals surface area contributed by atoms with Crippen molar-refractivity contribution < 1.29 is 19.4 Å². The van der Waals surface area contributed by atoms with Gasteiger partial charge in [0.15, 0.2) is 0 Å². The van der Waals surface area contributed by atoms with Crippen molar-refractivity contribution >= 4 is 34.9 Å². The van der Waals surface area contributed by atoms with Gasteiger partial charge in [0.25, 0.3) is 0 Å². The Bertz CT molecular complexity index is 1080. The van der Waals surface area contributed by atoms with E-state index in [-0.39, 0.29) is 17.7 Å². The molecule has 168 valence electrons. The van der Waals surface area contributed by atoms with Gasteiger partial charge in [-0.15, -0.1) is 5.10 Å². The molecule has 32 heavy (non-hydrogen) atoms. The standard InChI is InChI=1S/C22H22Cl2N4O4/c1-31-18-4-2-14(3-5-18)13-28-21(20(22(29)30)25-26-28)32-19-6-8-27(9-7-19)17-11-15(23)10-16(24)12-17/h2-5,10-12,19H,6-9,13H2,1H3,(H,29,30). The summed E-state index contributed by atoms with van der Waals surface area (Å²) in [4.78, 5) is 13.9. The van der Waals surface area contributed by atoms with Crippen molar-refractivity contribution in [1.29, 1.82) is 0 Å². The average Bonchev–Trinajstić information content (AvgIpc) is 3.16. The van der Waals surface area contributed by atoms with Crippen LogP contribution in [0.25, 0.3) is 0 Å². The molecule has 4 rings (SSSR count). The van der Waals surface area contributed by atoms with Crippen LogP contribution in [0.2, 0.25) is 10.0 Å². The predicted molar refractivity (Wildman–Crippen MR) is 121 cm³/mol. The largest absolute Gasteiger partial charge is 0.497 e. The van der Waals surface area contributed by atoms with Gasteiger partial charge in [0, 0.05) is 41.7 Å². The number of carboxylic acid groups (broad SMARTS) is 1. The van der Waals surface area contributed by atoms with Crippen molar-refractivity contribution in [1.82, 2.24) is 15.0 Å². The number of benzene rings is 2. The van der Waals surface area contributed by atoms with Crippen LogP contribution in [0.15, 0.2) is 42.5 Å². The normalized spacial score (nSPS) is 14.4. The fraction of sp³-hybridized carbons (Fsp3) is 0.318. The number of carboxylic acids is 1. The van der Waals surface area contributed by atoms with Crippen LogP contribution in [0.4, 0.5) is 5.69 Å². The van der Waals surface area contributed by atoms with E-state index in [4.69, 9.17) is 32.7 Å². The van der Waals surface area contributed by atoms with E-state index < -0.39 is 5.97 Å². The van der Waals surface area contributed by atoms with Gasteiger partial charge in [0.2, 0.25) is 11.6 Å². The van der Waals surface area contributed by atoms with Gasteiger partial charge in [-0.25, -0.2) is 9.48 Å². The van der Waals surface area contributed by atoms with Crippen molar-refractivity contribution in [2.75, 3.05) is 25.1 Å². The molecule has 3 aromatic rings. The summed E-state index contributed by atoms with van der Waals surface area (Å²) in [5.74, 6) is -0.271. The maximum Gasteiger partial charge on any atom is 0.362 e. The fourth-order valence-corrected chi connectivity index (χ4v) is 4.19. The molecule has 1 saturated heterocycles. The predicted octanol–water partition coefficient (Wildman–Crippen LogP) is 4.39. The highest BCUT2D eigenvalue weighted by molar-refractivity contribution is 6.35. The zero-order valence-corrected chi connectivity index (χ0v) is 18.9. The molecule has 1 aliphatic heterocycles. The molecule has 8 nitrogen and oxygen atoms in total. The summed E-state index contributed by atoms with van der Waals surface area (Å²) >= 11 is 12.3. The number of hydrogen-bond acceptors (Lipinski definition) is 6. The first-order valence-corrected chi connectivity index (χ1v) is 10.9. The molecular weight excluding hydrogens is 455 g/mol. The summed E-state index contributed by atoms with van der Waals surface area (Å²) in [6, 6.07) is 12.9. The fourth-order valence-electron chi connectivity index (χ4n) is 3.67. The third-order valence-corrected chi connectivity index (χ3v) is 5.75. The van der Waals surface area contributed by atoms with Crippen LogP contribution in [-0.2, 0) is 6.54 Å². The van der Waals surface area contributed by atoms with Gasteiger partial charge in [-0.3, -0.25) is 0 Å². The number of hydrogen-bond donors (Lipinski definition) is 1. The molecule has 1 aliphatic rings. The first-order chi connectivity index (χ1) is 15.4. The lowest BCUT2D eigenvalue weighted by atomic mass is 10.1. The van der Waals surface area contributed by atoms with Crippen molar-refractivity contribution in [3.8, 4) is 11.6 Å². The van der Waals surface area contributed by atoms with E-state index in [2.05, 4.69) is 15.2 Å².